The van der Waals surface area contributed by atoms with Gasteiger partial charge in [0.2, 0.25) is 0 Å². The molecular weight excluding hydrogens is 268 g/mol. The molecule has 4 atom stereocenters. The highest BCUT2D eigenvalue weighted by Gasteiger charge is 2.44. The maximum absolute atomic E-state index is 11.3. The fourth-order valence-corrected chi connectivity index (χ4v) is 2.19. The smallest absolute Gasteiger partial charge is 0.271 e. The molecule has 1 amide bonds. The standard InChI is InChI=1S/C11H18N4O5/c1-2-13-10-6(9(12)19)14-4-15(10)11-8(18)7(17)5(3-16)20-11/h4-5,7-8,11,13,16-18H,2-3H2,1H3,(H2,12,19)/t5-,7-,8-,11-/m1/s1. The SMILES string of the molecule is CCNc1c(C(N)=O)ncn1[C@@H]1O[C@H](CO)[C@@H](O)[C@H]1O. The van der Waals surface area contributed by atoms with Crippen LogP contribution in [0.5, 0.6) is 0 Å². The normalized spacial score (nSPS) is 29.6. The quantitative estimate of drug-likeness (QED) is 0.422. The molecule has 9 heteroatoms. The third kappa shape index (κ3) is 2.36. The van der Waals surface area contributed by atoms with E-state index < -0.39 is 37.1 Å². The lowest BCUT2D eigenvalue weighted by molar-refractivity contribution is -0.0518. The number of aliphatic hydroxyl groups is 3. The summed E-state index contributed by atoms with van der Waals surface area (Å²) in [4.78, 5) is 15.2. The van der Waals surface area contributed by atoms with E-state index in [4.69, 9.17) is 15.6 Å². The molecule has 1 aromatic heterocycles. The minimum atomic E-state index is -1.25. The van der Waals surface area contributed by atoms with Crippen LogP contribution in [-0.2, 0) is 4.74 Å². The molecule has 1 aliphatic rings. The minimum Gasteiger partial charge on any atom is -0.394 e. The van der Waals surface area contributed by atoms with Crippen LogP contribution < -0.4 is 11.1 Å². The molecule has 0 spiro atoms. The number of ether oxygens (including phenoxy) is 1. The molecule has 1 aromatic rings. The summed E-state index contributed by atoms with van der Waals surface area (Å²) in [6.07, 6.45) is -3.04. The number of carbonyl (C=O) groups excluding carboxylic acids is 1. The number of anilines is 1. The zero-order valence-electron chi connectivity index (χ0n) is 10.9. The second kappa shape index (κ2) is 5.75. The summed E-state index contributed by atoms with van der Waals surface area (Å²) in [5, 5.41) is 31.7. The van der Waals surface area contributed by atoms with Gasteiger partial charge in [-0.15, -0.1) is 0 Å². The predicted molar refractivity (Wildman–Crippen MR) is 67.9 cm³/mol. The monoisotopic (exact) mass is 286 g/mol. The summed E-state index contributed by atoms with van der Waals surface area (Å²) in [6.45, 7) is 1.89. The molecule has 1 aliphatic heterocycles. The number of nitrogens with two attached hydrogens (primary N) is 1. The van der Waals surface area contributed by atoms with Gasteiger partial charge in [0.1, 0.15) is 24.1 Å². The first kappa shape index (κ1) is 14.7. The molecule has 0 bridgehead atoms. The second-order valence-electron chi connectivity index (χ2n) is 4.47. The Morgan fingerprint density at radius 3 is 2.75 bits per heavy atom. The Balaban J connectivity index is 2.35. The Morgan fingerprint density at radius 2 is 2.25 bits per heavy atom. The number of hydrogen-bond acceptors (Lipinski definition) is 7. The fraction of sp³-hybridized carbons (Fsp3) is 0.636. The molecule has 0 radical (unpaired) electrons. The molecule has 20 heavy (non-hydrogen) atoms. The van der Waals surface area contributed by atoms with Crippen molar-refractivity contribution in [1.29, 1.82) is 0 Å². The number of amides is 1. The summed E-state index contributed by atoms with van der Waals surface area (Å²) in [7, 11) is 0. The van der Waals surface area contributed by atoms with E-state index in [1.807, 2.05) is 6.92 Å². The van der Waals surface area contributed by atoms with Crippen molar-refractivity contribution >= 4 is 11.7 Å². The summed E-state index contributed by atoms with van der Waals surface area (Å²) >= 11 is 0. The number of hydrogen-bond donors (Lipinski definition) is 5. The second-order valence-corrected chi connectivity index (χ2v) is 4.47. The van der Waals surface area contributed by atoms with Gasteiger partial charge < -0.3 is 31.1 Å². The number of primary amides is 1. The van der Waals surface area contributed by atoms with Gasteiger partial charge in [-0.25, -0.2) is 4.98 Å². The summed E-state index contributed by atoms with van der Waals surface area (Å²) in [5.74, 6) is -0.415. The Bertz CT molecular complexity index is 491. The van der Waals surface area contributed by atoms with E-state index in [1.165, 1.54) is 10.9 Å². The van der Waals surface area contributed by atoms with Crippen LogP contribution in [0.3, 0.4) is 0 Å². The van der Waals surface area contributed by atoms with Crippen molar-refractivity contribution in [2.24, 2.45) is 5.73 Å². The van der Waals surface area contributed by atoms with Gasteiger partial charge in [0.15, 0.2) is 11.9 Å². The average molecular weight is 286 g/mol. The van der Waals surface area contributed by atoms with Gasteiger partial charge in [-0.3, -0.25) is 9.36 Å². The van der Waals surface area contributed by atoms with Gasteiger partial charge in [-0.1, -0.05) is 0 Å². The average Bonchev–Trinajstić information content (AvgIpc) is 2.94. The Morgan fingerprint density at radius 1 is 1.55 bits per heavy atom. The van der Waals surface area contributed by atoms with Crippen LogP contribution in [0.25, 0.3) is 0 Å². The van der Waals surface area contributed by atoms with Gasteiger partial charge in [0.25, 0.3) is 5.91 Å². The first-order valence-corrected chi connectivity index (χ1v) is 6.24. The van der Waals surface area contributed by atoms with E-state index in [1.54, 1.807) is 0 Å². The van der Waals surface area contributed by atoms with Crippen LogP contribution in [0.2, 0.25) is 0 Å². The predicted octanol–water partition coefficient (Wildman–Crippen LogP) is -1.97. The van der Waals surface area contributed by atoms with Crippen LogP contribution in [0.15, 0.2) is 6.33 Å². The van der Waals surface area contributed by atoms with Crippen molar-refractivity contribution in [2.45, 2.75) is 31.5 Å². The Kier molecular flexibility index (Phi) is 4.23. The number of nitrogens with one attached hydrogen (secondary N) is 1. The third-order valence-corrected chi connectivity index (χ3v) is 3.16. The first-order valence-electron chi connectivity index (χ1n) is 6.24. The minimum absolute atomic E-state index is 0.0181. The van der Waals surface area contributed by atoms with Crippen molar-refractivity contribution in [2.75, 3.05) is 18.5 Å². The zero-order valence-corrected chi connectivity index (χ0v) is 10.9. The maximum atomic E-state index is 11.3. The molecule has 1 fully saturated rings. The summed E-state index contributed by atoms with van der Waals surface area (Å²) in [6, 6.07) is 0. The lowest BCUT2D eigenvalue weighted by atomic mass is 10.1. The van der Waals surface area contributed by atoms with Gasteiger partial charge in [0.05, 0.1) is 12.9 Å². The van der Waals surface area contributed by atoms with E-state index in [0.717, 1.165) is 0 Å². The highest BCUT2D eigenvalue weighted by molar-refractivity contribution is 5.95. The van der Waals surface area contributed by atoms with Gasteiger partial charge in [-0.05, 0) is 6.92 Å². The van der Waals surface area contributed by atoms with E-state index in [-0.39, 0.29) is 5.69 Å². The molecule has 112 valence electrons. The van der Waals surface area contributed by atoms with Crippen molar-refractivity contribution in [3.05, 3.63) is 12.0 Å². The van der Waals surface area contributed by atoms with Crippen LogP contribution in [0.1, 0.15) is 23.6 Å². The van der Waals surface area contributed by atoms with E-state index in [9.17, 15) is 15.0 Å². The third-order valence-electron chi connectivity index (χ3n) is 3.16. The number of nitrogens with zero attached hydrogens (tertiary/aromatic N) is 2. The zero-order chi connectivity index (χ0) is 14.9. The number of imidazole rings is 1. The molecule has 0 aliphatic carbocycles. The first-order chi connectivity index (χ1) is 9.51. The fourth-order valence-electron chi connectivity index (χ4n) is 2.19. The lowest BCUT2D eigenvalue weighted by Crippen LogP contribution is -2.33. The van der Waals surface area contributed by atoms with E-state index >= 15 is 0 Å². The largest absolute Gasteiger partial charge is 0.394 e. The van der Waals surface area contributed by atoms with Gasteiger partial charge >= 0.3 is 0 Å². The van der Waals surface area contributed by atoms with Crippen LogP contribution >= 0.6 is 0 Å². The molecule has 0 saturated carbocycles. The molecular formula is C11H18N4O5. The van der Waals surface area contributed by atoms with Crippen LogP contribution in [0.4, 0.5) is 5.82 Å². The molecule has 2 heterocycles. The Labute approximate surface area is 115 Å². The van der Waals surface area contributed by atoms with E-state index in [0.29, 0.717) is 12.4 Å². The van der Waals surface area contributed by atoms with E-state index in [2.05, 4.69) is 10.3 Å². The molecule has 2 rings (SSSR count). The maximum Gasteiger partial charge on any atom is 0.271 e. The Hall–Kier alpha value is -1.68. The van der Waals surface area contributed by atoms with Crippen molar-refractivity contribution in [3.63, 3.8) is 0 Å². The molecule has 9 nitrogen and oxygen atoms in total. The van der Waals surface area contributed by atoms with Crippen molar-refractivity contribution < 1.29 is 24.9 Å². The highest BCUT2D eigenvalue weighted by Crippen LogP contribution is 2.32. The number of rotatable bonds is 5. The van der Waals surface area contributed by atoms with Crippen molar-refractivity contribution in [1.82, 2.24) is 9.55 Å². The highest BCUT2D eigenvalue weighted by atomic mass is 16.6. The topological polar surface area (TPSA) is 143 Å². The molecule has 0 unspecified atom stereocenters. The van der Waals surface area contributed by atoms with Crippen LogP contribution in [0, 0.1) is 0 Å². The molecule has 1 saturated heterocycles. The number of aliphatic hydroxyl groups excluding tert-OH is 3. The number of aromatic nitrogens is 2. The van der Waals surface area contributed by atoms with Crippen LogP contribution in [-0.4, -0.2) is 62.2 Å². The van der Waals surface area contributed by atoms with Gasteiger partial charge in [0, 0.05) is 6.54 Å². The number of carbonyl (C=O) groups is 1. The molecule has 0 aromatic carbocycles. The molecule has 6 N–H and O–H groups in total. The van der Waals surface area contributed by atoms with Crippen molar-refractivity contribution in [3.8, 4) is 0 Å². The summed E-state index contributed by atoms with van der Waals surface area (Å²) in [5.41, 5.74) is 5.24. The lowest BCUT2D eigenvalue weighted by Gasteiger charge is -2.19. The van der Waals surface area contributed by atoms with Gasteiger partial charge in [-0.2, -0.15) is 0 Å². The summed E-state index contributed by atoms with van der Waals surface area (Å²) < 4.78 is 6.76.